The fourth-order valence-corrected chi connectivity index (χ4v) is 3.58. The minimum Gasteiger partial charge on any atom is -0.508 e. The summed E-state index contributed by atoms with van der Waals surface area (Å²) in [6.07, 6.45) is -1.11. The number of allylic oxidation sites excluding steroid dienone is 1. The molecule has 1 aromatic carbocycles. The van der Waals surface area contributed by atoms with Crippen molar-refractivity contribution in [3.8, 4) is 5.75 Å². The lowest BCUT2D eigenvalue weighted by molar-refractivity contribution is -0.299. The van der Waals surface area contributed by atoms with E-state index in [0.717, 1.165) is 11.6 Å². The number of esters is 2. The zero-order valence-corrected chi connectivity index (χ0v) is 19.4. The van der Waals surface area contributed by atoms with Crippen LogP contribution in [0.15, 0.2) is 53.6 Å². The molecule has 0 saturated carbocycles. The van der Waals surface area contributed by atoms with Crippen LogP contribution in [0, 0.1) is 0 Å². The number of hydrogen-bond acceptors (Lipinski definition) is 10. The number of hydrogen-bond donors (Lipinski definition) is 4. The normalized spacial score (nSPS) is 29.9. The van der Waals surface area contributed by atoms with Crippen LogP contribution in [0.4, 0.5) is 0 Å². The van der Waals surface area contributed by atoms with Gasteiger partial charge in [0.2, 0.25) is 0 Å². The number of aromatic hydroxyl groups is 1. The van der Waals surface area contributed by atoms with Crippen molar-refractivity contribution in [1.29, 1.82) is 0 Å². The van der Waals surface area contributed by atoms with E-state index in [1.807, 2.05) is 19.9 Å². The number of ether oxygens (including phenoxy) is 4. The van der Waals surface area contributed by atoms with Gasteiger partial charge in [-0.05, 0) is 49.8 Å². The van der Waals surface area contributed by atoms with Crippen LogP contribution in [-0.2, 0) is 28.5 Å². The second-order valence-corrected chi connectivity index (χ2v) is 8.52. The van der Waals surface area contributed by atoms with E-state index in [1.54, 1.807) is 12.1 Å². The Morgan fingerprint density at radius 1 is 1.11 bits per heavy atom. The molecule has 1 aromatic rings. The molecule has 0 aromatic heterocycles. The van der Waals surface area contributed by atoms with Gasteiger partial charge in [0.25, 0.3) is 0 Å². The number of cyclic esters (lactones) is 1. The van der Waals surface area contributed by atoms with Gasteiger partial charge < -0.3 is 39.4 Å². The Kier molecular flexibility index (Phi) is 9.19. The highest BCUT2D eigenvalue weighted by atomic mass is 16.7. The number of benzene rings is 1. The molecule has 6 unspecified atom stereocenters. The third kappa shape index (κ3) is 7.48. The molecule has 0 radical (unpaired) electrons. The van der Waals surface area contributed by atoms with Crippen molar-refractivity contribution in [2.45, 2.75) is 57.1 Å². The maximum atomic E-state index is 12.0. The average Bonchev–Trinajstić information content (AvgIpc) is 3.15. The maximum Gasteiger partial charge on any atom is 0.334 e. The highest BCUT2D eigenvalue weighted by Gasteiger charge is 2.44. The fraction of sp³-hybridized carbons (Fsp3) is 0.440. The van der Waals surface area contributed by atoms with Gasteiger partial charge in [0.05, 0.1) is 6.61 Å². The van der Waals surface area contributed by atoms with Crippen LogP contribution >= 0.6 is 0 Å². The minimum absolute atomic E-state index is 0.0953. The molecule has 2 saturated heterocycles. The summed E-state index contributed by atoms with van der Waals surface area (Å²) in [5.74, 6) is -1.08. The molecule has 0 aliphatic carbocycles. The Bertz CT molecular complexity index is 976. The molecule has 0 amide bonds. The molecule has 2 aliphatic heterocycles. The SMILES string of the molecule is CC(C)=CC1CC(=CCOC2OC(COC(=O)C=Cc3ccc(O)cc3)C(O)C(O)C2O)C(=O)O1. The van der Waals surface area contributed by atoms with E-state index in [2.05, 4.69) is 0 Å². The van der Waals surface area contributed by atoms with Crippen molar-refractivity contribution in [2.24, 2.45) is 0 Å². The lowest BCUT2D eigenvalue weighted by Crippen LogP contribution is -2.59. The van der Waals surface area contributed by atoms with Gasteiger partial charge >= 0.3 is 11.9 Å². The van der Waals surface area contributed by atoms with Gasteiger partial charge in [0, 0.05) is 18.1 Å². The van der Waals surface area contributed by atoms with Gasteiger partial charge in [-0.1, -0.05) is 17.7 Å². The van der Waals surface area contributed by atoms with Crippen LogP contribution < -0.4 is 0 Å². The fourth-order valence-electron chi connectivity index (χ4n) is 3.58. The Balaban J connectivity index is 1.52. The van der Waals surface area contributed by atoms with E-state index >= 15 is 0 Å². The molecule has 4 N–H and O–H groups in total. The smallest absolute Gasteiger partial charge is 0.334 e. The molecule has 35 heavy (non-hydrogen) atoms. The number of phenolic OH excluding ortho intramolecular Hbond substituents is 1. The average molecular weight is 491 g/mol. The van der Waals surface area contributed by atoms with E-state index in [-0.39, 0.29) is 18.5 Å². The largest absolute Gasteiger partial charge is 0.508 e. The first kappa shape index (κ1) is 26.6. The third-order valence-corrected chi connectivity index (χ3v) is 5.41. The number of aliphatic hydroxyl groups excluding tert-OH is 3. The van der Waals surface area contributed by atoms with Gasteiger partial charge in [-0.25, -0.2) is 9.59 Å². The predicted molar refractivity (Wildman–Crippen MR) is 123 cm³/mol. The van der Waals surface area contributed by atoms with E-state index in [1.165, 1.54) is 24.3 Å². The van der Waals surface area contributed by atoms with Crippen molar-refractivity contribution in [1.82, 2.24) is 0 Å². The molecule has 0 bridgehead atoms. The van der Waals surface area contributed by atoms with Crippen molar-refractivity contribution < 1.29 is 49.0 Å². The Morgan fingerprint density at radius 3 is 2.51 bits per heavy atom. The molecule has 2 heterocycles. The predicted octanol–water partition coefficient (Wildman–Crippen LogP) is 0.981. The van der Waals surface area contributed by atoms with E-state index in [9.17, 15) is 30.0 Å². The van der Waals surface area contributed by atoms with Gasteiger partial charge in [0.15, 0.2) is 6.29 Å². The van der Waals surface area contributed by atoms with Crippen molar-refractivity contribution >= 4 is 18.0 Å². The summed E-state index contributed by atoms with van der Waals surface area (Å²) < 4.78 is 21.3. The van der Waals surface area contributed by atoms with Gasteiger partial charge in [-0.15, -0.1) is 0 Å². The second-order valence-electron chi connectivity index (χ2n) is 8.52. The first-order valence-corrected chi connectivity index (χ1v) is 11.1. The minimum atomic E-state index is -1.60. The van der Waals surface area contributed by atoms with Crippen molar-refractivity contribution in [2.75, 3.05) is 13.2 Å². The molecule has 2 fully saturated rings. The second kappa shape index (κ2) is 12.1. The van der Waals surface area contributed by atoms with Crippen molar-refractivity contribution in [3.05, 3.63) is 59.2 Å². The number of carbonyl (C=O) groups excluding carboxylic acids is 2. The maximum absolute atomic E-state index is 12.0. The summed E-state index contributed by atoms with van der Waals surface area (Å²) >= 11 is 0. The first-order valence-electron chi connectivity index (χ1n) is 11.1. The standard InChI is InChI=1S/C25H30O10/c1-14(2)11-18-12-16(24(31)34-18)9-10-32-25-23(30)22(29)21(28)19(35-25)13-33-20(27)8-5-15-3-6-17(26)7-4-15/h3-9,11,18-19,21-23,25-26,28-30H,10,12-13H2,1-2H3. The molecule has 3 rings (SSSR count). The molecule has 2 aliphatic rings. The van der Waals surface area contributed by atoms with Crippen LogP contribution in [0.5, 0.6) is 5.75 Å². The molecular weight excluding hydrogens is 460 g/mol. The Labute approximate surface area is 202 Å². The zero-order valence-electron chi connectivity index (χ0n) is 19.4. The number of phenols is 1. The highest BCUT2D eigenvalue weighted by Crippen LogP contribution is 2.25. The van der Waals surface area contributed by atoms with Gasteiger partial charge in [-0.2, -0.15) is 0 Å². The van der Waals surface area contributed by atoms with Gasteiger partial charge in [-0.3, -0.25) is 0 Å². The van der Waals surface area contributed by atoms with E-state index in [4.69, 9.17) is 18.9 Å². The molecule has 10 nitrogen and oxygen atoms in total. The Morgan fingerprint density at radius 2 is 1.83 bits per heavy atom. The van der Waals surface area contributed by atoms with Crippen LogP contribution in [0.25, 0.3) is 6.08 Å². The van der Waals surface area contributed by atoms with E-state index < -0.39 is 49.3 Å². The van der Waals surface area contributed by atoms with Crippen molar-refractivity contribution in [3.63, 3.8) is 0 Å². The number of rotatable bonds is 8. The monoisotopic (exact) mass is 490 g/mol. The molecular formula is C25H30O10. The Hall–Kier alpha value is -3.02. The van der Waals surface area contributed by atoms with Crippen LogP contribution in [-0.4, -0.2) is 82.4 Å². The van der Waals surface area contributed by atoms with Crippen LogP contribution in [0.2, 0.25) is 0 Å². The molecule has 6 atom stereocenters. The summed E-state index contributed by atoms with van der Waals surface area (Å²) in [7, 11) is 0. The highest BCUT2D eigenvalue weighted by molar-refractivity contribution is 5.91. The van der Waals surface area contributed by atoms with Gasteiger partial charge in [0.1, 0.15) is 42.9 Å². The quantitative estimate of drug-likeness (QED) is 0.236. The lowest BCUT2D eigenvalue weighted by atomic mass is 9.99. The molecule has 10 heteroatoms. The van der Waals surface area contributed by atoms with E-state index in [0.29, 0.717) is 17.6 Å². The molecule has 0 spiro atoms. The first-order chi connectivity index (χ1) is 16.6. The number of carbonyl (C=O) groups is 2. The lowest BCUT2D eigenvalue weighted by Gasteiger charge is -2.39. The summed E-state index contributed by atoms with van der Waals surface area (Å²) in [4.78, 5) is 24.0. The summed E-state index contributed by atoms with van der Waals surface area (Å²) in [5.41, 5.74) is 2.10. The zero-order chi connectivity index (χ0) is 25.5. The summed E-state index contributed by atoms with van der Waals surface area (Å²) in [6.45, 7) is 3.29. The topological polar surface area (TPSA) is 152 Å². The van der Waals surface area contributed by atoms with Crippen LogP contribution in [0.1, 0.15) is 25.8 Å². The summed E-state index contributed by atoms with van der Waals surface area (Å²) in [5, 5.41) is 39.9. The number of aliphatic hydroxyl groups is 3. The third-order valence-electron chi connectivity index (χ3n) is 5.41. The van der Waals surface area contributed by atoms with Crippen LogP contribution in [0.3, 0.4) is 0 Å². The summed E-state index contributed by atoms with van der Waals surface area (Å²) in [6, 6.07) is 6.15. The molecule has 190 valence electrons.